The minimum absolute atomic E-state index is 0.125. The summed E-state index contributed by atoms with van der Waals surface area (Å²) in [6.07, 6.45) is 0. The van der Waals surface area contributed by atoms with E-state index in [0.717, 1.165) is 0 Å². The van der Waals surface area contributed by atoms with Gasteiger partial charge in [-0.1, -0.05) is 0 Å². The molecule has 2 N–H and O–H groups in total. The monoisotopic (exact) mass is 160 g/mol. The summed E-state index contributed by atoms with van der Waals surface area (Å²) in [6.45, 7) is -0.250. The zero-order chi connectivity index (χ0) is 6.99. The second kappa shape index (κ2) is 10.2. The van der Waals surface area contributed by atoms with E-state index in [4.69, 9.17) is 15.0 Å². The molecule has 0 fully saturated rings. The molecule has 0 rings (SSSR count). The smallest absolute Gasteiger partial charge is 0.313 e. The summed E-state index contributed by atoms with van der Waals surface area (Å²) in [4.78, 5) is 8.98. The summed E-state index contributed by atoms with van der Waals surface area (Å²) in [5.41, 5.74) is 0. The Morgan fingerprint density at radius 2 is 1.38 bits per heavy atom. The first kappa shape index (κ1) is 11.0. The molecule has 0 saturated heterocycles. The molecule has 0 aliphatic rings. The van der Waals surface area contributed by atoms with Crippen molar-refractivity contribution < 1.29 is 15.0 Å². The van der Waals surface area contributed by atoms with Crippen LogP contribution in [0.15, 0.2) is 0 Å². The minimum atomic E-state index is -0.889. The molecule has 5 heteroatoms. The van der Waals surface area contributed by atoms with Crippen LogP contribution in [-0.4, -0.2) is 28.1 Å². The number of hydrogen-bond donors (Lipinski definition) is 2. The molecular weight excluding hydrogens is 155 g/mol. The lowest BCUT2D eigenvalue weighted by Gasteiger charge is -1.70. The number of carbonyl (C=O) groups is 1. The lowest BCUT2D eigenvalue weighted by Crippen LogP contribution is -1.85. The summed E-state index contributed by atoms with van der Waals surface area (Å²) in [5, 5.41) is 15.2. The van der Waals surface area contributed by atoms with Gasteiger partial charge in [-0.3, -0.25) is 4.79 Å². The molecule has 0 heterocycles. The van der Waals surface area contributed by atoms with Gasteiger partial charge in [0.2, 0.25) is 0 Å². The van der Waals surface area contributed by atoms with Crippen molar-refractivity contribution in [2.45, 2.75) is 0 Å². The van der Waals surface area contributed by atoms with Crippen molar-refractivity contribution >= 4 is 27.9 Å². The van der Waals surface area contributed by atoms with Gasteiger partial charge in [0.05, 0.1) is 13.2 Å². The van der Waals surface area contributed by atoms with E-state index in [-0.39, 0.29) is 13.2 Å². The quantitative estimate of drug-likeness (QED) is 0.552. The van der Waals surface area contributed by atoms with Crippen LogP contribution in [0.4, 0.5) is 4.79 Å². The van der Waals surface area contributed by atoms with Gasteiger partial charge in [-0.05, 0) is 23.2 Å². The Labute approximate surface area is 56.8 Å². The first-order valence-electron chi connectivity index (χ1n) is 1.71. The van der Waals surface area contributed by atoms with Crippen molar-refractivity contribution in [3.05, 3.63) is 0 Å². The van der Waals surface area contributed by atoms with E-state index in [9.17, 15) is 0 Å². The maximum absolute atomic E-state index is 8.98. The van der Waals surface area contributed by atoms with Crippen LogP contribution in [0.1, 0.15) is 0 Å². The van der Waals surface area contributed by atoms with Crippen molar-refractivity contribution in [1.29, 1.82) is 0 Å². The van der Waals surface area contributed by atoms with Crippen molar-refractivity contribution in [3.8, 4) is 0 Å². The molecule has 0 aromatic heterocycles. The van der Waals surface area contributed by atoms with Crippen LogP contribution >= 0.6 is 23.2 Å². The first-order chi connectivity index (χ1) is 3.65. The third-order valence-electron chi connectivity index (χ3n) is 0.1000. The molecule has 0 aliphatic carbocycles. The summed E-state index contributed by atoms with van der Waals surface area (Å²) >= 11 is 8.80. The van der Waals surface area contributed by atoms with E-state index in [2.05, 4.69) is 23.2 Å². The van der Waals surface area contributed by atoms with Crippen LogP contribution in [0, 0.1) is 0 Å². The fraction of sp³-hybridized carbons (Fsp3) is 0.667. The van der Waals surface area contributed by atoms with E-state index in [1.807, 2.05) is 0 Å². The van der Waals surface area contributed by atoms with Crippen LogP contribution in [0.3, 0.4) is 0 Å². The number of hydrogen-bond acceptors (Lipinski definition) is 3. The summed E-state index contributed by atoms with van der Waals surface area (Å²) in [5.74, 6) is 0. The van der Waals surface area contributed by atoms with Crippen molar-refractivity contribution in [2.24, 2.45) is 0 Å². The van der Waals surface area contributed by atoms with E-state index >= 15 is 0 Å². The molecule has 50 valence electrons. The summed E-state index contributed by atoms with van der Waals surface area (Å²) in [7, 11) is 0. The molecule has 0 aromatic rings. The Morgan fingerprint density at radius 3 is 1.38 bits per heavy atom. The first-order valence-corrected chi connectivity index (χ1v) is 2.47. The number of rotatable bonds is 1. The molecule has 0 aromatic carbocycles. The van der Waals surface area contributed by atoms with Gasteiger partial charge < -0.3 is 10.2 Å². The van der Waals surface area contributed by atoms with Crippen molar-refractivity contribution in [1.82, 2.24) is 0 Å². The van der Waals surface area contributed by atoms with Gasteiger partial charge in [0.15, 0.2) is 0 Å². The van der Waals surface area contributed by atoms with Gasteiger partial charge >= 0.3 is 4.70 Å². The molecular formula is C3H6Cl2O3. The molecule has 0 aliphatic heterocycles. The Hall–Kier alpha value is 0.170. The van der Waals surface area contributed by atoms with Crippen molar-refractivity contribution in [2.75, 3.05) is 13.2 Å². The molecule has 8 heavy (non-hydrogen) atoms. The zero-order valence-corrected chi connectivity index (χ0v) is 5.48. The normalized spacial score (nSPS) is 7.00. The van der Waals surface area contributed by atoms with E-state index in [1.54, 1.807) is 0 Å². The van der Waals surface area contributed by atoms with E-state index in [1.165, 1.54) is 0 Å². The van der Waals surface area contributed by atoms with Crippen LogP contribution < -0.4 is 0 Å². The molecule has 0 atom stereocenters. The van der Waals surface area contributed by atoms with E-state index < -0.39 is 4.70 Å². The third kappa shape index (κ3) is 120. The SMILES string of the molecule is O=C(Cl)Cl.OCCO. The predicted molar refractivity (Wildman–Crippen MR) is 31.3 cm³/mol. The Morgan fingerprint density at radius 1 is 1.25 bits per heavy atom. The maximum Gasteiger partial charge on any atom is 0.313 e. The average molecular weight is 161 g/mol. The maximum atomic E-state index is 8.98. The topological polar surface area (TPSA) is 57.5 Å². The van der Waals surface area contributed by atoms with Crippen molar-refractivity contribution in [3.63, 3.8) is 0 Å². The second-order valence-corrected chi connectivity index (χ2v) is 1.55. The Kier molecular flexibility index (Phi) is 14.1. The highest BCUT2D eigenvalue weighted by atomic mass is 35.5. The third-order valence-corrected chi connectivity index (χ3v) is 0.1000. The van der Waals surface area contributed by atoms with Crippen LogP contribution in [0.5, 0.6) is 0 Å². The standard InChI is InChI=1S/C2H6O2.CCl2O/c3-1-2-4;2-1(3)4/h3-4H,1-2H2;. The predicted octanol–water partition coefficient (Wildman–Crippen LogP) is 0.555. The molecule has 3 nitrogen and oxygen atoms in total. The molecule has 0 radical (unpaired) electrons. The van der Waals surface area contributed by atoms with Gasteiger partial charge in [0.1, 0.15) is 0 Å². The fourth-order valence-corrected chi connectivity index (χ4v) is 0. The number of halogens is 2. The van der Waals surface area contributed by atoms with Crippen LogP contribution in [0.25, 0.3) is 0 Å². The molecule has 0 bridgehead atoms. The van der Waals surface area contributed by atoms with Crippen LogP contribution in [0.2, 0.25) is 0 Å². The Balaban J connectivity index is 0. The van der Waals surface area contributed by atoms with Gasteiger partial charge in [0.25, 0.3) is 0 Å². The second-order valence-electron chi connectivity index (χ2n) is 0.673. The van der Waals surface area contributed by atoms with Gasteiger partial charge in [-0.25, -0.2) is 0 Å². The average Bonchev–Trinajstić information content (AvgIpc) is 1.65. The molecule has 0 unspecified atom stereocenters. The zero-order valence-electron chi connectivity index (χ0n) is 3.97. The van der Waals surface area contributed by atoms with Gasteiger partial charge in [0, 0.05) is 0 Å². The largest absolute Gasteiger partial charge is 0.394 e. The summed E-state index contributed by atoms with van der Waals surface area (Å²) in [6, 6.07) is 0. The molecule has 0 saturated carbocycles. The highest BCUT2D eigenvalue weighted by Gasteiger charge is 1.72. The highest BCUT2D eigenvalue weighted by Crippen LogP contribution is 1.84. The highest BCUT2D eigenvalue weighted by molar-refractivity contribution is 6.93. The Bertz CT molecular complexity index is 50.5. The summed E-state index contributed by atoms with van der Waals surface area (Å²) < 4.78 is -0.889. The minimum Gasteiger partial charge on any atom is -0.394 e. The van der Waals surface area contributed by atoms with Gasteiger partial charge in [-0.15, -0.1) is 0 Å². The number of carbonyl (C=O) groups excluding carboxylic acids is 1. The lowest BCUT2D eigenvalue weighted by molar-refractivity contribution is 0.186. The molecule has 0 spiro atoms. The van der Waals surface area contributed by atoms with E-state index in [0.29, 0.717) is 0 Å². The number of aliphatic hydroxyl groups is 2. The fourth-order valence-electron chi connectivity index (χ4n) is 0. The van der Waals surface area contributed by atoms with Gasteiger partial charge in [-0.2, -0.15) is 0 Å². The van der Waals surface area contributed by atoms with Crippen LogP contribution in [-0.2, 0) is 0 Å². The lowest BCUT2D eigenvalue weighted by atomic mass is 10.8. The number of aliphatic hydroxyl groups excluding tert-OH is 2. The molecule has 0 amide bonds.